The van der Waals surface area contributed by atoms with Crippen molar-refractivity contribution in [2.24, 2.45) is 0 Å². The van der Waals surface area contributed by atoms with Gasteiger partial charge in [-0.05, 0) is 19.4 Å². The van der Waals surface area contributed by atoms with E-state index in [1.807, 2.05) is 6.92 Å². The normalized spacial score (nSPS) is 12.3. The van der Waals surface area contributed by atoms with Crippen molar-refractivity contribution in [2.45, 2.75) is 32.8 Å². The average molecular weight is 261 g/mol. The van der Waals surface area contributed by atoms with Gasteiger partial charge in [-0.1, -0.05) is 13.3 Å². The first-order valence-corrected chi connectivity index (χ1v) is 5.52. The number of anilines is 1. The highest BCUT2D eigenvalue weighted by atomic mass is 19.2. The summed E-state index contributed by atoms with van der Waals surface area (Å²) in [5.41, 5.74) is 3.29. The lowest BCUT2D eigenvalue weighted by molar-refractivity contribution is 0.0317. The van der Waals surface area contributed by atoms with E-state index in [0.717, 1.165) is 6.42 Å². The van der Waals surface area contributed by atoms with Crippen molar-refractivity contribution < 1.29 is 22.7 Å². The van der Waals surface area contributed by atoms with Crippen molar-refractivity contribution >= 4 is 11.7 Å². The Morgan fingerprint density at radius 3 is 2.56 bits per heavy atom. The van der Waals surface area contributed by atoms with Gasteiger partial charge in [0.15, 0.2) is 17.5 Å². The highest BCUT2D eigenvalue weighted by Crippen LogP contribution is 2.23. The second-order valence-electron chi connectivity index (χ2n) is 3.95. The number of carbonyl (C=O) groups excluding carboxylic acids is 1. The van der Waals surface area contributed by atoms with Crippen LogP contribution in [0.25, 0.3) is 0 Å². The van der Waals surface area contributed by atoms with Gasteiger partial charge in [0, 0.05) is 0 Å². The lowest BCUT2D eigenvalue weighted by Crippen LogP contribution is -2.17. The van der Waals surface area contributed by atoms with Crippen LogP contribution in [0.2, 0.25) is 0 Å². The van der Waals surface area contributed by atoms with E-state index >= 15 is 0 Å². The Kier molecular flexibility index (Phi) is 4.58. The largest absolute Gasteiger partial charge is 0.459 e. The Balaban J connectivity index is 3.00. The molecular weight excluding hydrogens is 247 g/mol. The summed E-state index contributed by atoms with van der Waals surface area (Å²) in [7, 11) is 0. The van der Waals surface area contributed by atoms with E-state index in [2.05, 4.69) is 0 Å². The van der Waals surface area contributed by atoms with Gasteiger partial charge in [-0.25, -0.2) is 18.0 Å². The number of rotatable bonds is 4. The molecule has 0 spiro atoms. The molecule has 0 fully saturated rings. The Labute approximate surface area is 103 Å². The van der Waals surface area contributed by atoms with E-state index in [1.165, 1.54) is 0 Å². The molecule has 0 aliphatic heterocycles. The van der Waals surface area contributed by atoms with Crippen LogP contribution < -0.4 is 5.73 Å². The van der Waals surface area contributed by atoms with Crippen LogP contribution in [0.15, 0.2) is 6.07 Å². The third-order valence-corrected chi connectivity index (χ3v) is 2.41. The second kappa shape index (κ2) is 5.75. The fraction of sp³-hybridized carbons (Fsp3) is 0.417. The van der Waals surface area contributed by atoms with Crippen LogP contribution in [0.4, 0.5) is 18.9 Å². The van der Waals surface area contributed by atoms with Crippen molar-refractivity contribution in [3.8, 4) is 0 Å². The summed E-state index contributed by atoms with van der Waals surface area (Å²) in [6.45, 7) is 3.52. The van der Waals surface area contributed by atoms with Crippen molar-refractivity contribution in [1.29, 1.82) is 0 Å². The summed E-state index contributed by atoms with van der Waals surface area (Å²) in [6.07, 6.45) is 0.930. The monoisotopic (exact) mass is 261 g/mol. The number of esters is 1. The van der Waals surface area contributed by atoms with Crippen LogP contribution in [0, 0.1) is 17.5 Å². The molecule has 0 radical (unpaired) electrons. The van der Waals surface area contributed by atoms with Gasteiger partial charge in [0.1, 0.15) is 11.3 Å². The van der Waals surface area contributed by atoms with Gasteiger partial charge < -0.3 is 10.5 Å². The Hall–Kier alpha value is -1.72. The molecule has 0 amide bonds. The summed E-state index contributed by atoms with van der Waals surface area (Å²) < 4.78 is 44.3. The first kappa shape index (κ1) is 14.3. The van der Waals surface area contributed by atoms with E-state index in [9.17, 15) is 18.0 Å². The van der Waals surface area contributed by atoms with Crippen LogP contribution in [0.5, 0.6) is 0 Å². The maximum Gasteiger partial charge on any atom is 0.341 e. The number of hydrogen-bond donors (Lipinski definition) is 1. The molecule has 1 unspecified atom stereocenters. The maximum absolute atomic E-state index is 13.5. The molecule has 100 valence electrons. The van der Waals surface area contributed by atoms with Crippen molar-refractivity contribution in [3.63, 3.8) is 0 Å². The van der Waals surface area contributed by atoms with Crippen LogP contribution in [-0.4, -0.2) is 12.1 Å². The van der Waals surface area contributed by atoms with Gasteiger partial charge in [0.25, 0.3) is 0 Å². The van der Waals surface area contributed by atoms with Gasteiger partial charge in [0.2, 0.25) is 0 Å². The summed E-state index contributed by atoms with van der Waals surface area (Å²) in [6, 6.07) is 0.446. The van der Waals surface area contributed by atoms with Gasteiger partial charge in [-0.2, -0.15) is 0 Å². The first-order chi connectivity index (χ1) is 8.38. The lowest BCUT2D eigenvalue weighted by atomic mass is 10.1. The minimum Gasteiger partial charge on any atom is -0.459 e. The molecule has 0 aliphatic carbocycles. The Morgan fingerprint density at radius 2 is 2.00 bits per heavy atom. The quantitative estimate of drug-likeness (QED) is 0.515. The predicted molar refractivity (Wildman–Crippen MR) is 60.5 cm³/mol. The lowest BCUT2D eigenvalue weighted by Gasteiger charge is -2.13. The summed E-state index contributed by atoms with van der Waals surface area (Å²) in [5.74, 6) is -5.25. The van der Waals surface area contributed by atoms with Gasteiger partial charge in [0.05, 0.1) is 6.10 Å². The van der Waals surface area contributed by atoms with Crippen LogP contribution in [0.3, 0.4) is 0 Å². The minimum atomic E-state index is -1.51. The molecule has 0 saturated heterocycles. The van der Waals surface area contributed by atoms with E-state index in [1.54, 1.807) is 6.92 Å². The number of ether oxygens (including phenoxy) is 1. The Morgan fingerprint density at radius 1 is 1.39 bits per heavy atom. The van der Waals surface area contributed by atoms with Gasteiger partial charge in [-0.15, -0.1) is 0 Å². The van der Waals surface area contributed by atoms with Crippen molar-refractivity contribution in [3.05, 3.63) is 29.1 Å². The summed E-state index contributed by atoms with van der Waals surface area (Å²) >= 11 is 0. The zero-order valence-electron chi connectivity index (χ0n) is 10.1. The average Bonchev–Trinajstić information content (AvgIpc) is 2.31. The van der Waals surface area contributed by atoms with Crippen LogP contribution >= 0.6 is 0 Å². The number of halogens is 3. The zero-order valence-corrected chi connectivity index (χ0v) is 10.1. The fourth-order valence-electron chi connectivity index (χ4n) is 1.48. The molecule has 3 nitrogen and oxygen atoms in total. The topological polar surface area (TPSA) is 52.3 Å². The highest BCUT2D eigenvalue weighted by molar-refractivity contribution is 5.91. The molecule has 1 aromatic rings. The molecule has 18 heavy (non-hydrogen) atoms. The van der Waals surface area contributed by atoms with Crippen molar-refractivity contribution in [1.82, 2.24) is 0 Å². The minimum absolute atomic E-state index is 0.434. The SMILES string of the molecule is CCCC(C)OC(=O)c1cc(F)c(F)c(N)c1F. The molecule has 6 heteroatoms. The molecule has 0 aromatic heterocycles. The summed E-state index contributed by atoms with van der Waals surface area (Å²) in [4.78, 5) is 11.6. The van der Waals surface area contributed by atoms with Crippen molar-refractivity contribution in [2.75, 3.05) is 5.73 Å². The van der Waals surface area contributed by atoms with E-state index < -0.39 is 40.8 Å². The molecule has 1 atom stereocenters. The molecule has 1 aromatic carbocycles. The number of nitrogens with two attached hydrogens (primary N) is 1. The Bertz CT molecular complexity index is 463. The van der Waals surface area contributed by atoms with Gasteiger partial charge in [-0.3, -0.25) is 0 Å². The number of benzene rings is 1. The van der Waals surface area contributed by atoms with E-state index in [-0.39, 0.29) is 0 Å². The van der Waals surface area contributed by atoms with Crippen LogP contribution in [0.1, 0.15) is 37.0 Å². The number of hydrogen-bond acceptors (Lipinski definition) is 3. The predicted octanol–water partition coefficient (Wildman–Crippen LogP) is 3.03. The highest BCUT2D eigenvalue weighted by Gasteiger charge is 2.23. The molecule has 0 heterocycles. The second-order valence-corrected chi connectivity index (χ2v) is 3.95. The molecule has 2 N–H and O–H groups in total. The van der Waals surface area contributed by atoms with E-state index in [0.29, 0.717) is 12.5 Å². The van der Waals surface area contributed by atoms with E-state index in [4.69, 9.17) is 10.5 Å². The fourth-order valence-corrected chi connectivity index (χ4v) is 1.48. The zero-order chi connectivity index (χ0) is 13.9. The van der Waals surface area contributed by atoms with Crippen LogP contribution in [-0.2, 0) is 4.74 Å². The number of nitrogen functional groups attached to an aromatic ring is 1. The molecule has 0 aliphatic rings. The summed E-state index contributed by atoms with van der Waals surface area (Å²) in [5, 5.41) is 0. The molecule has 1 rings (SSSR count). The van der Waals surface area contributed by atoms with Gasteiger partial charge >= 0.3 is 5.97 Å². The number of carbonyl (C=O) groups is 1. The smallest absolute Gasteiger partial charge is 0.341 e. The molecular formula is C12H14F3NO2. The maximum atomic E-state index is 13.5. The third kappa shape index (κ3) is 2.94. The molecule has 0 bridgehead atoms. The standard InChI is InChI=1S/C12H14F3NO2/c1-3-4-6(2)18-12(17)7-5-8(13)10(15)11(16)9(7)14/h5-6H,3-4,16H2,1-2H3. The molecule has 0 saturated carbocycles. The third-order valence-electron chi connectivity index (χ3n) is 2.41. The first-order valence-electron chi connectivity index (χ1n) is 5.52.